The fourth-order valence-electron chi connectivity index (χ4n) is 3.00. The molecule has 0 aliphatic heterocycles. The summed E-state index contributed by atoms with van der Waals surface area (Å²) in [6.45, 7) is 2.34. The van der Waals surface area contributed by atoms with E-state index in [1.54, 1.807) is 0 Å². The van der Waals surface area contributed by atoms with E-state index in [-0.39, 0.29) is 37.6 Å². The van der Waals surface area contributed by atoms with Gasteiger partial charge in [-0.25, -0.2) is 0 Å². The molecule has 0 fully saturated rings. The smallest absolute Gasteiger partial charge is 1.00 e. The normalized spacial score (nSPS) is 11.8. The van der Waals surface area contributed by atoms with Crippen molar-refractivity contribution in [2.45, 2.75) is 116 Å². The Morgan fingerprint density at radius 2 is 1.15 bits per heavy atom. The maximum Gasteiger partial charge on any atom is 1.00 e. The Bertz CT molecular complexity index is 297. The van der Waals surface area contributed by atoms with Gasteiger partial charge in [0.15, 0.2) is 0 Å². The maximum absolute atomic E-state index is 11.2. The zero-order valence-corrected chi connectivity index (χ0v) is 19.6. The van der Waals surface area contributed by atoms with Gasteiger partial charge in [-0.2, -0.15) is 0 Å². The molecule has 0 bridgehead atoms. The second-order valence-corrected chi connectivity index (χ2v) is 7.26. The molecule has 0 saturated carbocycles. The minimum Gasteiger partial charge on any atom is -1.00 e. The van der Waals surface area contributed by atoms with Gasteiger partial charge in [0.1, 0.15) is 6.04 Å². The summed E-state index contributed by atoms with van der Waals surface area (Å²) in [5, 5.41) is 8.72. The van der Waals surface area contributed by atoms with Crippen molar-refractivity contribution >= 4 is 5.97 Å². The van der Waals surface area contributed by atoms with Crippen LogP contribution in [0, 0.1) is 0 Å². The summed E-state index contributed by atoms with van der Waals surface area (Å²) in [4.78, 5) is 11.2. The van der Waals surface area contributed by atoms with Crippen molar-refractivity contribution < 1.29 is 45.6 Å². The molecule has 0 heterocycles. The summed E-state index contributed by atoms with van der Waals surface area (Å²) >= 11 is 0. The van der Waals surface area contributed by atoms with Crippen LogP contribution < -0.4 is 35.3 Å². The van der Waals surface area contributed by atoms with Gasteiger partial charge in [-0.3, -0.25) is 4.79 Å². The molecule has 0 radical (unpaired) electrons. The van der Waals surface area contributed by atoms with Crippen LogP contribution in [0.5, 0.6) is 0 Å². The fraction of sp³-hybridized carbons (Fsp3) is 0.952. The molecule has 0 aromatic rings. The van der Waals surface area contributed by atoms with Crippen LogP contribution in [0.15, 0.2) is 0 Å². The van der Waals surface area contributed by atoms with Gasteiger partial charge in [0.05, 0.1) is 13.2 Å². The number of carbonyl (C=O) groups excluding carboxylic acids is 1. The van der Waals surface area contributed by atoms with Gasteiger partial charge in [-0.15, -0.1) is 0 Å². The van der Waals surface area contributed by atoms with Gasteiger partial charge >= 0.3 is 35.5 Å². The van der Waals surface area contributed by atoms with Gasteiger partial charge < -0.3 is 17.0 Å². The quantitative estimate of drug-likeness (QED) is 0.204. The van der Waals surface area contributed by atoms with E-state index in [2.05, 4.69) is 6.92 Å². The van der Waals surface area contributed by atoms with Crippen LogP contribution in [0.4, 0.5) is 0 Å². The number of unbranched alkanes of at least 4 members (excludes halogenated alkanes) is 15. The summed E-state index contributed by atoms with van der Waals surface area (Å²) in [5.74, 6) is -0.497. The Labute approximate surface area is 185 Å². The van der Waals surface area contributed by atoms with E-state index in [9.17, 15) is 4.79 Å². The Morgan fingerprint density at radius 1 is 0.808 bits per heavy atom. The molecule has 5 heteroatoms. The fourth-order valence-corrected chi connectivity index (χ4v) is 3.00. The summed E-state index contributed by atoms with van der Waals surface area (Å²) in [6, 6.07) is -0.888. The molecule has 1 atom stereocenters. The topological polar surface area (TPSA) is 72.5 Å². The molecule has 0 unspecified atom stereocenters. The third kappa shape index (κ3) is 20.7. The van der Waals surface area contributed by atoms with Crippen LogP contribution in [0.25, 0.3) is 0 Å². The zero-order valence-electron chi connectivity index (χ0n) is 18.6. The van der Waals surface area contributed by atoms with Crippen LogP contribution >= 0.6 is 0 Å². The summed E-state index contributed by atoms with van der Waals surface area (Å²) in [6.07, 6.45) is 21.2. The van der Waals surface area contributed by atoms with Crippen molar-refractivity contribution in [1.82, 2.24) is 0 Å². The summed E-state index contributed by atoms with van der Waals surface area (Å²) in [7, 11) is 0. The number of esters is 1. The van der Waals surface area contributed by atoms with Crippen LogP contribution in [0.2, 0.25) is 0 Å². The molecular weight excluding hydrogens is 337 g/mol. The second kappa shape index (κ2) is 23.4. The van der Waals surface area contributed by atoms with Gasteiger partial charge in [0, 0.05) is 0 Å². The van der Waals surface area contributed by atoms with Crippen molar-refractivity contribution in [1.29, 1.82) is 0 Å². The van der Waals surface area contributed by atoms with E-state index < -0.39 is 12.0 Å². The van der Waals surface area contributed by atoms with Gasteiger partial charge in [0.2, 0.25) is 0 Å². The van der Waals surface area contributed by atoms with E-state index in [1.807, 2.05) is 0 Å². The first-order valence-electron chi connectivity index (χ1n) is 10.8. The predicted molar refractivity (Wildman–Crippen MR) is 107 cm³/mol. The van der Waals surface area contributed by atoms with Gasteiger partial charge in [-0.1, -0.05) is 103 Å². The monoisotopic (exact) mass is 381 g/mol. The summed E-state index contributed by atoms with van der Waals surface area (Å²) < 4.78 is 4.99. The molecule has 0 aliphatic rings. The Morgan fingerprint density at radius 3 is 1.50 bits per heavy atom. The Balaban J connectivity index is -0.00000288. The molecule has 152 valence electrons. The average Bonchev–Trinajstić information content (AvgIpc) is 2.63. The zero-order chi connectivity index (χ0) is 18.6. The predicted octanol–water partition coefficient (Wildman–Crippen LogP) is 2.23. The molecule has 0 spiro atoms. The first-order chi connectivity index (χ1) is 12.2. The Hall–Kier alpha value is 0.390. The maximum atomic E-state index is 11.2. The van der Waals surface area contributed by atoms with Crippen molar-refractivity contribution in [2.24, 2.45) is 5.73 Å². The third-order valence-electron chi connectivity index (χ3n) is 4.74. The number of aliphatic hydroxyl groups is 1. The van der Waals surface area contributed by atoms with E-state index in [1.165, 1.54) is 89.9 Å². The van der Waals surface area contributed by atoms with Crippen molar-refractivity contribution in [2.75, 3.05) is 13.2 Å². The molecule has 0 amide bonds. The van der Waals surface area contributed by atoms with Crippen LogP contribution in [-0.4, -0.2) is 30.3 Å². The Kier molecular flexibility index (Phi) is 25.8. The van der Waals surface area contributed by atoms with Crippen molar-refractivity contribution in [3.63, 3.8) is 0 Å². The second-order valence-electron chi connectivity index (χ2n) is 7.26. The minimum atomic E-state index is -0.888. The molecule has 0 aromatic carbocycles. The van der Waals surface area contributed by atoms with Gasteiger partial charge in [-0.05, 0) is 6.42 Å². The molecule has 0 rings (SSSR count). The summed E-state index contributed by atoms with van der Waals surface area (Å²) in [5.41, 5.74) is 5.36. The molecular formula is C21H44NNaO3. The molecule has 26 heavy (non-hydrogen) atoms. The number of carbonyl (C=O) groups is 1. The molecule has 4 nitrogen and oxygen atoms in total. The largest absolute Gasteiger partial charge is 1.00 e. The van der Waals surface area contributed by atoms with Gasteiger partial charge in [0.25, 0.3) is 0 Å². The molecule has 0 aromatic heterocycles. The minimum absolute atomic E-state index is 0. The number of aliphatic hydroxyl groups excluding tert-OH is 1. The van der Waals surface area contributed by atoms with E-state index in [0.717, 1.165) is 12.8 Å². The van der Waals surface area contributed by atoms with Crippen molar-refractivity contribution in [3.8, 4) is 0 Å². The first kappa shape index (κ1) is 28.6. The molecule has 0 saturated heterocycles. The van der Waals surface area contributed by atoms with Crippen LogP contribution in [0.3, 0.4) is 0 Å². The number of nitrogens with two attached hydrogens (primary N) is 1. The molecule has 0 aliphatic carbocycles. The number of hydrogen-bond acceptors (Lipinski definition) is 4. The van der Waals surface area contributed by atoms with E-state index in [0.29, 0.717) is 6.61 Å². The SMILES string of the molecule is CCCCCCCCCCCCCCCCCCOC(=O)[C@@H](N)CO.[H-].[Na+]. The van der Waals surface area contributed by atoms with E-state index >= 15 is 0 Å². The number of ether oxygens (including phenoxy) is 1. The average molecular weight is 382 g/mol. The standard InChI is InChI=1S/C21H43NO3.Na.H/c1-2-3-4-5-6-7-8-9-10-11-12-13-14-15-16-17-18-25-21(24)20(22)19-23;;/h20,23H,2-19,22H2,1H3;;/q;+1;-1/t20-;;/m0../s1. The number of rotatable bonds is 19. The third-order valence-corrected chi connectivity index (χ3v) is 4.74. The molecule has 3 N–H and O–H groups in total. The number of hydrogen-bond donors (Lipinski definition) is 2. The van der Waals surface area contributed by atoms with E-state index in [4.69, 9.17) is 15.6 Å². The first-order valence-corrected chi connectivity index (χ1v) is 10.8. The van der Waals surface area contributed by atoms with Crippen molar-refractivity contribution in [3.05, 3.63) is 0 Å². The van der Waals surface area contributed by atoms with Crippen LogP contribution in [-0.2, 0) is 9.53 Å². The van der Waals surface area contributed by atoms with Crippen LogP contribution in [0.1, 0.15) is 111 Å².